The zero-order valence-electron chi connectivity index (χ0n) is 17.0. The lowest BCUT2D eigenvalue weighted by atomic mass is 9.98. The number of hydrogen-bond acceptors (Lipinski definition) is 8. The van der Waals surface area contributed by atoms with Crippen molar-refractivity contribution in [1.29, 1.82) is 0 Å². The minimum absolute atomic E-state index is 0.00159. The lowest BCUT2D eigenvalue weighted by Crippen LogP contribution is -2.37. The van der Waals surface area contributed by atoms with Crippen molar-refractivity contribution in [3.8, 4) is 0 Å². The fourth-order valence-electron chi connectivity index (χ4n) is 3.25. The summed E-state index contributed by atoms with van der Waals surface area (Å²) in [6.45, 7) is 3.81. The minimum atomic E-state index is -0.737. The zero-order valence-corrected chi connectivity index (χ0v) is 17.0. The van der Waals surface area contributed by atoms with Gasteiger partial charge in [0.05, 0.1) is 45.7 Å². The summed E-state index contributed by atoms with van der Waals surface area (Å²) in [6, 6.07) is 0. The average Bonchev–Trinajstić information content (AvgIpc) is 3.40. The van der Waals surface area contributed by atoms with E-state index in [9.17, 15) is 15.2 Å². The summed E-state index contributed by atoms with van der Waals surface area (Å²) in [5.41, 5.74) is 0. The van der Waals surface area contributed by atoms with Crippen LogP contribution in [0.15, 0.2) is 12.4 Å². The minimum Gasteiger partial charge on any atom is -0.394 e. The van der Waals surface area contributed by atoms with Crippen molar-refractivity contribution in [3.63, 3.8) is 0 Å². The highest BCUT2D eigenvalue weighted by Crippen LogP contribution is 2.32. The van der Waals surface area contributed by atoms with Crippen LogP contribution in [0.5, 0.6) is 0 Å². The van der Waals surface area contributed by atoms with Gasteiger partial charge in [0.1, 0.15) is 19.7 Å². The smallest absolute Gasteiger partial charge is 0.394 e. The molecule has 10 nitrogen and oxygen atoms in total. The Kier molecular flexibility index (Phi) is 11.2. The van der Waals surface area contributed by atoms with E-state index in [4.69, 9.17) is 14.6 Å². The van der Waals surface area contributed by atoms with Crippen molar-refractivity contribution in [2.75, 3.05) is 52.7 Å². The van der Waals surface area contributed by atoms with Gasteiger partial charge in [-0.3, -0.25) is 4.90 Å². The molecule has 0 amide bonds. The summed E-state index contributed by atoms with van der Waals surface area (Å²) in [4.78, 5) is 16.3. The highest BCUT2D eigenvalue weighted by atomic mass is 16.6. The van der Waals surface area contributed by atoms with Crippen molar-refractivity contribution in [1.82, 2.24) is 14.5 Å². The molecule has 2 atom stereocenters. The van der Waals surface area contributed by atoms with Gasteiger partial charge >= 0.3 is 5.95 Å². The number of imidazole rings is 1. The normalized spacial score (nSPS) is 16.7. The molecule has 2 N–H and O–H groups in total. The van der Waals surface area contributed by atoms with Gasteiger partial charge in [0.2, 0.25) is 0 Å². The Balaban J connectivity index is 1.72. The van der Waals surface area contributed by atoms with E-state index in [1.54, 1.807) is 0 Å². The number of unbranched alkanes of at least 4 members (excludes halogenated alkanes) is 1. The second-order valence-corrected chi connectivity index (χ2v) is 7.48. The van der Waals surface area contributed by atoms with Crippen LogP contribution in [0.4, 0.5) is 5.95 Å². The van der Waals surface area contributed by atoms with E-state index in [0.717, 1.165) is 18.8 Å². The number of aliphatic hydroxyl groups is 2. The third-order valence-corrected chi connectivity index (χ3v) is 4.93. The van der Waals surface area contributed by atoms with Crippen LogP contribution in [0.2, 0.25) is 12.1 Å². The number of aliphatic hydroxyl groups excluding tert-OH is 2. The maximum absolute atomic E-state index is 11.0. The lowest BCUT2D eigenvalue weighted by molar-refractivity contribution is -0.397. The van der Waals surface area contributed by atoms with Gasteiger partial charge in [0, 0.05) is 13.1 Å². The number of nitrogens with zero attached hydrogens (tertiary/aromatic N) is 4. The number of aromatic nitrogens is 2. The van der Waals surface area contributed by atoms with Crippen LogP contribution in [0.1, 0.15) is 19.3 Å². The molecule has 11 heteroatoms. The molecule has 2 heterocycles. The average molecular weight is 412 g/mol. The SMILES string of the molecule is O=[N+]([O-])c1nccn1CC(O)CN(CCCCC1BC1)CCOCCOCCO. The highest BCUT2D eigenvalue weighted by molar-refractivity contribution is 6.50. The summed E-state index contributed by atoms with van der Waals surface area (Å²) >= 11 is 0. The van der Waals surface area contributed by atoms with Crippen LogP contribution in [-0.2, 0) is 16.0 Å². The molecule has 0 saturated carbocycles. The van der Waals surface area contributed by atoms with Gasteiger partial charge in [-0.15, -0.1) is 0 Å². The van der Waals surface area contributed by atoms with Crippen LogP contribution in [0.25, 0.3) is 0 Å². The largest absolute Gasteiger partial charge is 0.434 e. The van der Waals surface area contributed by atoms with E-state index in [2.05, 4.69) is 9.88 Å². The molecule has 0 bridgehead atoms. The molecule has 0 spiro atoms. The standard InChI is InChI=1S/C18H33BN4O6/c24-8-10-29-12-11-28-9-7-21(5-2-1-3-16-13-19-16)14-17(25)15-22-6-4-20-18(22)23(26)27/h4,6,16-17,19,24-25H,1-3,5,7-15H2. The van der Waals surface area contributed by atoms with Gasteiger partial charge in [-0.1, -0.05) is 30.0 Å². The molecule has 2 rings (SSSR count). The predicted octanol–water partition coefficient (Wildman–Crippen LogP) is 0.307. The second-order valence-electron chi connectivity index (χ2n) is 7.48. The van der Waals surface area contributed by atoms with E-state index in [1.165, 1.54) is 43.4 Å². The fourth-order valence-corrected chi connectivity index (χ4v) is 3.25. The molecular weight excluding hydrogens is 379 g/mol. The third-order valence-electron chi connectivity index (χ3n) is 4.93. The van der Waals surface area contributed by atoms with E-state index in [-0.39, 0.29) is 19.1 Å². The Morgan fingerprint density at radius 2 is 2.07 bits per heavy atom. The van der Waals surface area contributed by atoms with Gasteiger partial charge < -0.3 is 29.8 Å². The zero-order chi connectivity index (χ0) is 20.9. The Hall–Kier alpha value is -1.53. The Morgan fingerprint density at radius 3 is 2.76 bits per heavy atom. The number of ether oxygens (including phenoxy) is 2. The first-order valence-electron chi connectivity index (χ1n) is 10.4. The number of nitro groups is 1. The first kappa shape index (κ1) is 23.8. The fraction of sp³-hybridized carbons (Fsp3) is 0.833. The molecule has 0 aromatic carbocycles. The molecule has 164 valence electrons. The molecule has 1 aliphatic heterocycles. The van der Waals surface area contributed by atoms with Gasteiger partial charge in [-0.25, -0.2) is 4.57 Å². The monoisotopic (exact) mass is 412 g/mol. The molecule has 1 aromatic rings. The van der Waals surface area contributed by atoms with E-state index in [1.807, 2.05) is 0 Å². The predicted molar refractivity (Wildman–Crippen MR) is 110 cm³/mol. The van der Waals surface area contributed by atoms with Crippen molar-refractivity contribution in [2.24, 2.45) is 0 Å². The van der Waals surface area contributed by atoms with Crippen molar-refractivity contribution < 1.29 is 24.6 Å². The number of hydrogen-bond donors (Lipinski definition) is 2. The summed E-state index contributed by atoms with van der Waals surface area (Å²) in [7, 11) is 1.36. The number of rotatable bonds is 18. The van der Waals surface area contributed by atoms with E-state index in [0.29, 0.717) is 39.5 Å². The molecule has 1 aromatic heterocycles. The van der Waals surface area contributed by atoms with Crippen LogP contribution in [0.3, 0.4) is 0 Å². The van der Waals surface area contributed by atoms with Gasteiger partial charge in [-0.2, -0.15) is 0 Å². The van der Waals surface area contributed by atoms with E-state index >= 15 is 0 Å². The van der Waals surface area contributed by atoms with Crippen molar-refractivity contribution in [3.05, 3.63) is 22.5 Å². The summed E-state index contributed by atoms with van der Waals surface area (Å²) in [6.07, 6.45) is 7.02. The van der Waals surface area contributed by atoms with Crippen LogP contribution in [-0.4, -0.2) is 95.6 Å². The third kappa shape index (κ3) is 10.2. The lowest BCUT2D eigenvalue weighted by Gasteiger charge is -2.24. The van der Waals surface area contributed by atoms with Crippen LogP contribution < -0.4 is 0 Å². The topological polar surface area (TPSA) is 123 Å². The first-order chi connectivity index (χ1) is 14.1. The summed E-state index contributed by atoms with van der Waals surface area (Å²) in [5, 5.41) is 30.1. The van der Waals surface area contributed by atoms with E-state index < -0.39 is 11.0 Å². The van der Waals surface area contributed by atoms with Crippen molar-refractivity contribution in [2.45, 2.75) is 44.0 Å². The van der Waals surface area contributed by atoms with Gasteiger partial charge in [0.25, 0.3) is 0 Å². The Morgan fingerprint density at radius 1 is 1.31 bits per heavy atom. The quantitative estimate of drug-likeness (QED) is 0.153. The Labute approximate surface area is 172 Å². The Bertz CT molecular complexity index is 586. The van der Waals surface area contributed by atoms with Gasteiger partial charge in [0.15, 0.2) is 0 Å². The molecule has 2 unspecified atom stereocenters. The van der Waals surface area contributed by atoms with Crippen molar-refractivity contribution >= 4 is 13.2 Å². The maximum atomic E-state index is 11.0. The summed E-state index contributed by atoms with van der Waals surface area (Å²) < 4.78 is 12.1. The second kappa shape index (κ2) is 13.7. The molecule has 1 saturated heterocycles. The molecule has 29 heavy (non-hydrogen) atoms. The summed E-state index contributed by atoms with van der Waals surface area (Å²) in [5.74, 6) is 0.657. The molecule has 1 aliphatic rings. The molecule has 0 aliphatic carbocycles. The highest BCUT2D eigenvalue weighted by Gasteiger charge is 2.23. The molecule has 1 fully saturated rings. The van der Waals surface area contributed by atoms with Crippen LogP contribution in [0, 0.1) is 10.1 Å². The molecule has 0 radical (unpaired) electrons. The van der Waals surface area contributed by atoms with Crippen LogP contribution >= 0.6 is 0 Å². The maximum Gasteiger partial charge on any atom is 0.434 e. The van der Waals surface area contributed by atoms with Gasteiger partial charge in [-0.05, 0) is 17.9 Å². The molecular formula is C18H33BN4O6. The first-order valence-corrected chi connectivity index (χ1v) is 10.4.